The first-order valence-corrected chi connectivity index (χ1v) is 8.77. The van der Waals surface area contributed by atoms with Gasteiger partial charge in [0.15, 0.2) is 0 Å². The van der Waals surface area contributed by atoms with Crippen LogP contribution in [-0.4, -0.2) is 73.0 Å². The highest BCUT2D eigenvalue weighted by atomic mass is 35.5. The Morgan fingerprint density at radius 1 is 1.35 bits per heavy atom. The van der Waals surface area contributed by atoms with Crippen molar-refractivity contribution in [2.75, 3.05) is 45.9 Å². The molecule has 1 fully saturated rings. The summed E-state index contributed by atoms with van der Waals surface area (Å²) in [5.74, 6) is 0.786. The van der Waals surface area contributed by atoms with E-state index in [0.717, 1.165) is 30.8 Å². The van der Waals surface area contributed by atoms with Crippen molar-refractivity contribution in [1.82, 2.24) is 9.80 Å². The lowest BCUT2D eigenvalue weighted by Gasteiger charge is -2.34. The molecule has 1 N–H and O–H groups in total. The molecule has 1 saturated heterocycles. The Morgan fingerprint density at radius 3 is 2.69 bits per heavy atom. The number of hydrogen-bond donors (Lipinski definition) is 1. The molecule has 146 valence electrons. The summed E-state index contributed by atoms with van der Waals surface area (Å²) in [6.07, 6.45) is 1.74. The summed E-state index contributed by atoms with van der Waals surface area (Å²) in [4.78, 5) is 15.5. The molecule has 0 radical (unpaired) electrons. The molecule has 0 saturated carbocycles. The number of rotatable bonds is 8. The van der Waals surface area contributed by atoms with E-state index < -0.39 is 6.10 Å². The monoisotopic (exact) mass is 384 g/mol. The van der Waals surface area contributed by atoms with Gasteiger partial charge in [0.1, 0.15) is 18.5 Å². The number of β-amino-alcohol motifs (C(OH)–C–C–N with tert-alkyl or cyclic N) is 1. The van der Waals surface area contributed by atoms with Crippen LogP contribution in [-0.2, 0) is 11.2 Å². The summed E-state index contributed by atoms with van der Waals surface area (Å²) in [5, 5.41) is 10.3. The molecule has 0 bridgehead atoms. The van der Waals surface area contributed by atoms with Gasteiger partial charge >= 0.3 is 7.52 Å². The molecule has 0 aliphatic carbocycles. The minimum Gasteiger partial charge on any atom is -1.00 e. The number of ether oxygens (including phenoxy) is 2. The standard InChI is InChI=1S/C19H28N2O4.ClH/c1-3-7-16-8-5-6-9-18(16)25-15-17(22)14-20-10-12-21(13-11-20)19(23)24-4-2;/h3,5-6,8-9,17,22H,1,4,7,10-15H2,2H3;1H. The lowest BCUT2D eigenvalue weighted by atomic mass is 10.1. The van der Waals surface area contributed by atoms with Crippen molar-refractivity contribution in [3.63, 3.8) is 0 Å². The zero-order valence-corrected chi connectivity index (χ0v) is 16.0. The molecular formula is C19H29ClN2O4. The minimum atomic E-state index is -0.578. The van der Waals surface area contributed by atoms with Gasteiger partial charge in [-0.05, 0) is 25.0 Å². The zero-order chi connectivity index (χ0) is 18.1. The second-order valence-corrected chi connectivity index (χ2v) is 6.05. The number of piperazine rings is 1. The summed E-state index contributed by atoms with van der Waals surface area (Å²) in [6.45, 7) is 9.41. The third kappa shape index (κ3) is 6.86. The van der Waals surface area contributed by atoms with Crippen molar-refractivity contribution in [3.05, 3.63) is 42.5 Å². The Balaban J connectivity index is 0.00000338. The summed E-state index contributed by atoms with van der Waals surface area (Å²) < 4.78 is 10.8. The van der Waals surface area contributed by atoms with Gasteiger partial charge in [0.25, 0.3) is 0 Å². The van der Waals surface area contributed by atoms with E-state index in [1.807, 2.05) is 30.3 Å². The molecule has 0 aromatic heterocycles. The Labute approximate surface area is 163 Å². The van der Waals surface area contributed by atoms with Gasteiger partial charge < -0.3 is 31.9 Å². The van der Waals surface area contributed by atoms with Crippen molar-refractivity contribution < 1.29 is 33.2 Å². The van der Waals surface area contributed by atoms with Gasteiger partial charge in [-0.3, -0.25) is 4.90 Å². The average molecular weight is 385 g/mol. The van der Waals surface area contributed by atoms with Crippen LogP contribution in [0, 0.1) is 0 Å². The molecule has 1 aliphatic rings. The van der Waals surface area contributed by atoms with Crippen LogP contribution in [0.4, 0.5) is 4.79 Å². The molecule has 1 aliphatic heterocycles. The van der Waals surface area contributed by atoms with Crippen LogP contribution >= 0.6 is 0 Å². The third-order valence-electron chi connectivity index (χ3n) is 4.14. The molecule has 7 heteroatoms. The average Bonchev–Trinajstić information content (AvgIpc) is 2.62. The van der Waals surface area contributed by atoms with Crippen molar-refractivity contribution in [2.24, 2.45) is 0 Å². The minimum absolute atomic E-state index is 0. The topological polar surface area (TPSA) is 62.2 Å². The van der Waals surface area contributed by atoms with E-state index in [1.54, 1.807) is 11.8 Å². The molecule has 2 rings (SSSR count). The van der Waals surface area contributed by atoms with Gasteiger partial charge in [0.05, 0.1) is 6.61 Å². The SMILES string of the molecule is C=CCc1ccccc1OCC(O)CN1CCN(C(=O)OCC)CC1.[Cl-].[H+]. The van der Waals surface area contributed by atoms with Gasteiger partial charge in [-0.25, -0.2) is 4.79 Å². The predicted molar refractivity (Wildman–Crippen MR) is 98.0 cm³/mol. The van der Waals surface area contributed by atoms with Crippen LogP contribution in [0.2, 0.25) is 0 Å². The second kappa shape index (κ2) is 11.8. The zero-order valence-electron chi connectivity index (χ0n) is 16.3. The van der Waals surface area contributed by atoms with Crippen LogP contribution < -0.4 is 17.1 Å². The molecular weight excluding hydrogens is 356 g/mol. The van der Waals surface area contributed by atoms with Crippen LogP contribution in [0.25, 0.3) is 0 Å². The Bertz CT molecular complexity index is 568. The van der Waals surface area contributed by atoms with Crippen LogP contribution in [0.5, 0.6) is 5.75 Å². The number of para-hydroxylation sites is 1. The quantitative estimate of drug-likeness (QED) is 0.585. The molecule has 1 unspecified atom stereocenters. The van der Waals surface area contributed by atoms with Gasteiger partial charge in [0.2, 0.25) is 0 Å². The smallest absolute Gasteiger partial charge is 1.00 e. The normalized spacial score (nSPS) is 15.7. The van der Waals surface area contributed by atoms with E-state index in [9.17, 15) is 9.90 Å². The first-order valence-electron chi connectivity index (χ1n) is 8.77. The molecule has 1 amide bonds. The van der Waals surface area contributed by atoms with E-state index in [-0.39, 0.29) is 26.5 Å². The number of carbonyl (C=O) groups excluding carboxylic acids is 1. The van der Waals surface area contributed by atoms with Crippen LogP contribution in [0.15, 0.2) is 36.9 Å². The van der Waals surface area contributed by atoms with E-state index in [4.69, 9.17) is 9.47 Å². The van der Waals surface area contributed by atoms with Gasteiger partial charge in [-0.1, -0.05) is 24.3 Å². The summed E-state index contributed by atoms with van der Waals surface area (Å²) in [5.41, 5.74) is 1.06. The molecule has 1 atom stereocenters. The molecule has 0 spiro atoms. The highest BCUT2D eigenvalue weighted by Gasteiger charge is 2.23. The number of amides is 1. The largest absolute Gasteiger partial charge is 1.00 e. The van der Waals surface area contributed by atoms with Crippen molar-refractivity contribution in [2.45, 2.75) is 19.4 Å². The molecule has 1 aromatic rings. The van der Waals surface area contributed by atoms with Crippen LogP contribution in [0.1, 0.15) is 13.9 Å². The number of carbonyl (C=O) groups is 1. The maximum absolute atomic E-state index is 11.7. The highest BCUT2D eigenvalue weighted by Crippen LogP contribution is 2.19. The first kappa shape index (κ1) is 22.3. The number of halogens is 1. The maximum atomic E-state index is 11.7. The van der Waals surface area contributed by atoms with E-state index in [1.165, 1.54) is 0 Å². The first-order chi connectivity index (χ1) is 12.1. The number of aliphatic hydroxyl groups excluding tert-OH is 1. The van der Waals surface area contributed by atoms with Gasteiger partial charge in [0, 0.05) is 32.7 Å². The Kier molecular flexibility index (Phi) is 10.1. The number of allylic oxidation sites excluding steroid dienone is 1. The predicted octanol–water partition coefficient (Wildman–Crippen LogP) is -0.955. The van der Waals surface area contributed by atoms with E-state index >= 15 is 0 Å². The summed E-state index contributed by atoms with van der Waals surface area (Å²) in [6, 6.07) is 7.79. The fourth-order valence-corrected chi connectivity index (χ4v) is 2.83. The van der Waals surface area contributed by atoms with E-state index in [2.05, 4.69) is 11.5 Å². The fraction of sp³-hybridized carbons (Fsp3) is 0.526. The fourth-order valence-electron chi connectivity index (χ4n) is 2.83. The lowest BCUT2D eigenvalue weighted by Crippen LogP contribution is -3.00. The third-order valence-corrected chi connectivity index (χ3v) is 4.14. The molecule has 1 heterocycles. The van der Waals surface area contributed by atoms with Gasteiger partial charge in [-0.2, -0.15) is 0 Å². The van der Waals surface area contributed by atoms with Gasteiger partial charge in [-0.15, -0.1) is 6.58 Å². The number of nitrogens with zero attached hydrogens (tertiary/aromatic N) is 2. The lowest BCUT2D eigenvalue weighted by molar-refractivity contribution is -0.0000195. The second-order valence-electron chi connectivity index (χ2n) is 6.05. The number of hydrogen-bond acceptors (Lipinski definition) is 5. The molecule has 1 aromatic carbocycles. The Morgan fingerprint density at radius 2 is 2.04 bits per heavy atom. The summed E-state index contributed by atoms with van der Waals surface area (Å²) in [7, 11) is 0. The van der Waals surface area contributed by atoms with Crippen molar-refractivity contribution in [1.29, 1.82) is 0 Å². The maximum Gasteiger partial charge on any atom is 1.00 e. The van der Waals surface area contributed by atoms with E-state index in [0.29, 0.717) is 26.2 Å². The number of aliphatic hydroxyl groups is 1. The molecule has 26 heavy (non-hydrogen) atoms. The highest BCUT2D eigenvalue weighted by molar-refractivity contribution is 5.67. The molecule has 6 nitrogen and oxygen atoms in total. The van der Waals surface area contributed by atoms with Crippen LogP contribution in [0.3, 0.4) is 0 Å². The number of benzene rings is 1. The summed E-state index contributed by atoms with van der Waals surface area (Å²) >= 11 is 0. The van der Waals surface area contributed by atoms with Crippen molar-refractivity contribution >= 4 is 6.09 Å². The Hall–Kier alpha value is -1.76. The van der Waals surface area contributed by atoms with Crippen molar-refractivity contribution in [3.8, 4) is 5.75 Å².